The molecule has 0 saturated carbocycles. The van der Waals surface area contributed by atoms with Crippen LogP contribution in [0, 0.1) is 0 Å². The number of nitrogens with one attached hydrogen (secondary N) is 1. The first-order valence-corrected chi connectivity index (χ1v) is 5.78. The largest absolute Gasteiger partial charge is 0.508 e. The molecule has 0 amide bonds. The van der Waals surface area contributed by atoms with Gasteiger partial charge in [-0.25, -0.2) is 4.98 Å². The van der Waals surface area contributed by atoms with E-state index in [1.54, 1.807) is 25.4 Å². The topological polar surface area (TPSA) is 80.4 Å². The Balaban J connectivity index is 2.34. The number of hydrogen-bond donors (Lipinski definition) is 3. The number of fused-ring (bicyclic) bond motifs is 1. The minimum absolute atomic E-state index is 0.00421. The van der Waals surface area contributed by atoms with Crippen molar-refractivity contribution in [3.8, 4) is 5.75 Å². The van der Waals surface area contributed by atoms with Gasteiger partial charge >= 0.3 is 0 Å². The summed E-state index contributed by atoms with van der Waals surface area (Å²) in [6, 6.07) is 7.08. The fourth-order valence-corrected chi connectivity index (χ4v) is 1.83. The molecule has 5 nitrogen and oxygen atoms in total. The van der Waals surface area contributed by atoms with E-state index in [2.05, 4.69) is 10.3 Å². The third-order valence-corrected chi connectivity index (χ3v) is 2.74. The first-order chi connectivity index (χ1) is 8.74. The molecule has 0 fully saturated rings. The van der Waals surface area contributed by atoms with E-state index in [0.29, 0.717) is 19.0 Å². The van der Waals surface area contributed by atoms with Crippen LogP contribution in [0.2, 0.25) is 0 Å². The highest BCUT2D eigenvalue weighted by atomic mass is 16.5. The van der Waals surface area contributed by atoms with Crippen molar-refractivity contribution in [1.29, 1.82) is 0 Å². The Morgan fingerprint density at radius 2 is 2.28 bits per heavy atom. The van der Waals surface area contributed by atoms with E-state index in [1.807, 2.05) is 12.1 Å². The number of aromatic hydroxyl groups is 1. The van der Waals surface area contributed by atoms with Gasteiger partial charge in [0.1, 0.15) is 11.6 Å². The summed E-state index contributed by atoms with van der Waals surface area (Å²) >= 11 is 0. The molecule has 1 aromatic carbocycles. The standard InChI is InChI=1S/C13H17N3O2/c1-18-8-10(7-14)16-13-12-6-11(17)3-2-9(12)4-5-15-13/h2-6,10,17H,7-8,14H2,1H3,(H,15,16). The number of benzene rings is 1. The van der Waals surface area contributed by atoms with Gasteiger partial charge in [-0.15, -0.1) is 0 Å². The summed E-state index contributed by atoms with van der Waals surface area (Å²) in [5.41, 5.74) is 5.66. The van der Waals surface area contributed by atoms with Crippen LogP contribution in [0.1, 0.15) is 0 Å². The number of phenols is 1. The molecule has 1 heterocycles. The number of nitrogens with two attached hydrogens (primary N) is 1. The molecular weight excluding hydrogens is 230 g/mol. The van der Waals surface area contributed by atoms with Crippen LogP contribution < -0.4 is 11.1 Å². The normalized spacial score (nSPS) is 12.6. The maximum atomic E-state index is 9.54. The van der Waals surface area contributed by atoms with Crippen LogP contribution in [-0.4, -0.2) is 36.4 Å². The Morgan fingerprint density at radius 3 is 3.00 bits per heavy atom. The Labute approximate surface area is 106 Å². The first kappa shape index (κ1) is 12.6. The highest BCUT2D eigenvalue weighted by Gasteiger charge is 2.09. The number of nitrogens with zero attached hydrogens (tertiary/aromatic N) is 1. The van der Waals surface area contributed by atoms with Gasteiger partial charge in [-0.1, -0.05) is 6.07 Å². The molecule has 2 aromatic rings. The lowest BCUT2D eigenvalue weighted by Crippen LogP contribution is -2.33. The maximum Gasteiger partial charge on any atom is 0.134 e. The zero-order valence-corrected chi connectivity index (χ0v) is 10.3. The van der Waals surface area contributed by atoms with Gasteiger partial charge in [0.05, 0.1) is 12.6 Å². The molecule has 0 aliphatic heterocycles. The molecule has 0 spiro atoms. The monoisotopic (exact) mass is 247 g/mol. The van der Waals surface area contributed by atoms with Crippen LogP contribution in [-0.2, 0) is 4.74 Å². The van der Waals surface area contributed by atoms with Gasteiger partial charge in [-0.2, -0.15) is 0 Å². The van der Waals surface area contributed by atoms with Crippen molar-refractivity contribution in [2.45, 2.75) is 6.04 Å². The lowest BCUT2D eigenvalue weighted by molar-refractivity contribution is 0.187. The molecule has 0 saturated heterocycles. The predicted octanol–water partition coefficient (Wildman–Crippen LogP) is 1.33. The summed E-state index contributed by atoms with van der Waals surface area (Å²) in [5.74, 6) is 0.922. The Bertz CT molecular complexity index is 531. The van der Waals surface area contributed by atoms with Crippen molar-refractivity contribution < 1.29 is 9.84 Å². The van der Waals surface area contributed by atoms with Crippen molar-refractivity contribution in [3.63, 3.8) is 0 Å². The summed E-state index contributed by atoms with van der Waals surface area (Å²) in [5, 5.41) is 14.7. The fourth-order valence-electron chi connectivity index (χ4n) is 1.83. The third-order valence-electron chi connectivity index (χ3n) is 2.74. The van der Waals surface area contributed by atoms with Gasteiger partial charge in [0, 0.05) is 25.2 Å². The van der Waals surface area contributed by atoms with Crippen molar-refractivity contribution in [1.82, 2.24) is 4.98 Å². The smallest absolute Gasteiger partial charge is 0.134 e. The Kier molecular flexibility index (Phi) is 3.96. The lowest BCUT2D eigenvalue weighted by atomic mass is 10.1. The number of ether oxygens (including phenoxy) is 1. The van der Waals surface area contributed by atoms with Gasteiger partial charge in [0.2, 0.25) is 0 Å². The number of rotatable bonds is 5. The molecule has 2 rings (SSSR count). The number of phenolic OH excluding ortho intramolecular Hbond substituents is 1. The van der Waals surface area contributed by atoms with Crippen LogP contribution in [0.15, 0.2) is 30.5 Å². The molecule has 18 heavy (non-hydrogen) atoms. The average molecular weight is 247 g/mol. The molecule has 0 radical (unpaired) electrons. The zero-order chi connectivity index (χ0) is 13.0. The molecular formula is C13H17N3O2. The van der Waals surface area contributed by atoms with Crippen LogP contribution in [0.4, 0.5) is 5.82 Å². The second-order valence-electron chi connectivity index (χ2n) is 4.10. The van der Waals surface area contributed by atoms with E-state index in [0.717, 1.165) is 10.8 Å². The van der Waals surface area contributed by atoms with E-state index in [-0.39, 0.29) is 11.8 Å². The minimum Gasteiger partial charge on any atom is -0.508 e. The number of methoxy groups -OCH3 is 1. The molecule has 0 bridgehead atoms. The fraction of sp³-hybridized carbons (Fsp3) is 0.308. The third kappa shape index (κ3) is 2.69. The number of aromatic nitrogens is 1. The summed E-state index contributed by atoms with van der Waals surface area (Å²) in [4.78, 5) is 4.28. The molecule has 1 unspecified atom stereocenters. The average Bonchev–Trinajstić information content (AvgIpc) is 2.38. The zero-order valence-electron chi connectivity index (χ0n) is 10.3. The summed E-state index contributed by atoms with van der Waals surface area (Å²) in [7, 11) is 1.63. The van der Waals surface area contributed by atoms with Crippen molar-refractivity contribution >= 4 is 16.6 Å². The predicted molar refractivity (Wildman–Crippen MR) is 71.7 cm³/mol. The highest BCUT2D eigenvalue weighted by Crippen LogP contribution is 2.25. The van der Waals surface area contributed by atoms with Crippen molar-refractivity contribution in [3.05, 3.63) is 30.5 Å². The highest BCUT2D eigenvalue weighted by molar-refractivity contribution is 5.92. The molecule has 0 aliphatic rings. The second-order valence-corrected chi connectivity index (χ2v) is 4.10. The lowest BCUT2D eigenvalue weighted by Gasteiger charge is -2.17. The van der Waals surface area contributed by atoms with Crippen LogP contribution in [0.5, 0.6) is 5.75 Å². The number of anilines is 1. The van der Waals surface area contributed by atoms with Crippen molar-refractivity contribution in [2.75, 3.05) is 25.6 Å². The van der Waals surface area contributed by atoms with E-state index in [1.165, 1.54) is 0 Å². The van der Waals surface area contributed by atoms with Gasteiger partial charge in [-0.3, -0.25) is 0 Å². The number of pyridine rings is 1. The van der Waals surface area contributed by atoms with Crippen LogP contribution in [0.25, 0.3) is 10.8 Å². The minimum atomic E-state index is -0.00421. The van der Waals surface area contributed by atoms with E-state index < -0.39 is 0 Å². The van der Waals surface area contributed by atoms with Gasteiger partial charge in [0.15, 0.2) is 0 Å². The Morgan fingerprint density at radius 1 is 1.44 bits per heavy atom. The second kappa shape index (κ2) is 5.66. The summed E-state index contributed by atoms with van der Waals surface area (Å²) in [6.45, 7) is 0.956. The quantitative estimate of drug-likeness (QED) is 0.742. The van der Waals surface area contributed by atoms with Crippen molar-refractivity contribution in [2.24, 2.45) is 5.73 Å². The van der Waals surface area contributed by atoms with E-state index in [4.69, 9.17) is 10.5 Å². The summed E-state index contributed by atoms with van der Waals surface area (Å²) in [6.07, 6.45) is 1.72. The number of hydrogen-bond acceptors (Lipinski definition) is 5. The maximum absolute atomic E-state index is 9.54. The van der Waals surface area contributed by atoms with Gasteiger partial charge in [-0.05, 0) is 23.6 Å². The van der Waals surface area contributed by atoms with Gasteiger partial charge < -0.3 is 20.9 Å². The van der Waals surface area contributed by atoms with Crippen LogP contribution >= 0.6 is 0 Å². The van der Waals surface area contributed by atoms with E-state index in [9.17, 15) is 5.11 Å². The molecule has 96 valence electrons. The van der Waals surface area contributed by atoms with E-state index >= 15 is 0 Å². The Hall–Kier alpha value is -1.85. The summed E-state index contributed by atoms with van der Waals surface area (Å²) < 4.78 is 5.08. The molecule has 0 aliphatic carbocycles. The molecule has 5 heteroatoms. The molecule has 1 aromatic heterocycles. The van der Waals surface area contributed by atoms with Gasteiger partial charge in [0.25, 0.3) is 0 Å². The molecule has 4 N–H and O–H groups in total. The SMILES string of the molecule is COCC(CN)Nc1nccc2ccc(O)cc12. The first-order valence-electron chi connectivity index (χ1n) is 5.78. The molecule has 1 atom stereocenters. The van der Waals surface area contributed by atoms with Crippen LogP contribution in [0.3, 0.4) is 0 Å².